The highest BCUT2D eigenvalue weighted by Gasteiger charge is 2.33. The SMILES string of the molecule is CCOc1ccc(S(=O)(=O)N2CCC[C@H](C(=O)Nc3ccc(OC)c(OC)c3)C2)cc1C. The number of rotatable bonds is 8. The third-order valence-corrected chi connectivity index (χ3v) is 7.35. The van der Waals surface area contributed by atoms with E-state index in [0.29, 0.717) is 48.9 Å². The average Bonchev–Trinajstić information content (AvgIpc) is 2.80. The fourth-order valence-corrected chi connectivity index (χ4v) is 5.39. The fraction of sp³-hybridized carbons (Fsp3) is 0.435. The molecule has 9 heteroatoms. The number of ether oxygens (including phenoxy) is 3. The average molecular weight is 463 g/mol. The van der Waals surface area contributed by atoms with E-state index < -0.39 is 15.9 Å². The molecule has 1 fully saturated rings. The number of hydrogen-bond donors (Lipinski definition) is 1. The van der Waals surface area contributed by atoms with Crippen LogP contribution in [0.1, 0.15) is 25.3 Å². The summed E-state index contributed by atoms with van der Waals surface area (Å²) < 4.78 is 43.8. The van der Waals surface area contributed by atoms with Gasteiger partial charge in [-0.1, -0.05) is 0 Å². The zero-order chi connectivity index (χ0) is 23.3. The van der Waals surface area contributed by atoms with E-state index in [1.807, 2.05) is 13.8 Å². The molecular formula is C23H30N2O6S. The molecule has 0 radical (unpaired) electrons. The van der Waals surface area contributed by atoms with Crippen molar-refractivity contribution in [2.24, 2.45) is 5.92 Å². The van der Waals surface area contributed by atoms with E-state index in [1.165, 1.54) is 11.4 Å². The number of methoxy groups -OCH3 is 2. The molecule has 1 aliphatic rings. The Morgan fingerprint density at radius 3 is 2.47 bits per heavy atom. The second-order valence-corrected chi connectivity index (χ2v) is 9.56. The lowest BCUT2D eigenvalue weighted by Crippen LogP contribution is -2.43. The molecule has 1 atom stereocenters. The number of benzene rings is 2. The number of carbonyl (C=O) groups is 1. The number of carbonyl (C=O) groups excluding carboxylic acids is 1. The third kappa shape index (κ3) is 5.16. The number of amides is 1. The van der Waals surface area contributed by atoms with Crippen LogP contribution in [0.15, 0.2) is 41.3 Å². The molecule has 0 saturated carbocycles. The molecule has 0 aromatic heterocycles. The van der Waals surface area contributed by atoms with Crippen molar-refractivity contribution >= 4 is 21.6 Å². The smallest absolute Gasteiger partial charge is 0.243 e. The van der Waals surface area contributed by atoms with Gasteiger partial charge >= 0.3 is 0 Å². The van der Waals surface area contributed by atoms with Crippen molar-refractivity contribution in [2.75, 3.05) is 39.2 Å². The summed E-state index contributed by atoms with van der Waals surface area (Å²) in [4.78, 5) is 13.1. The van der Waals surface area contributed by atoms with Crippen LogP contribution >= 0.6 is 0 Å². The van der Waals surface area contributed by atoms with Crippen LogP contribution in [-0.2, 0) is 14.8 Å². The number of sulfonamides is 1. The molecule has 1 saturated heterocycles. The maximum Gasteiger partial charge on any atom is 0.243 e. The van der Waals surface area contributed by atoms with E-state index >= 15 is 0 Å². The van der Waals surface area contributed by atoms with E-state index in [2.05, 4.69) is 5.32 Å². The largest absolute Gasteiger partial charge is 0.494 e. The van der Waals surface area contributed by atoms with Crippen LogP contribution < -0.4 is 19.5 Å². The summed E-state index contributed by atoms with van der Waals surface area (Å²) in [6.07, 6.45) is 1.23. The maximum atomic E-state index is 13.2. The first-order valence-corrected chi connectivity index (χ1v) is 12.0. The molecule has 1 N–H and O–H groups in total. The molecule has 8 nitrogen and oxygen atoms in total. The lowest BCUT2D eigenvalue weighted by Gasteiger charge is -2.31. The Morgan fingerprint density at radius 2 is 1.81 bits per heavy atom. The van der Waals surface area contributed by atoms with Gasteiger partial charge < -0.3 is 19.5 Å². The minimum atomic E-state index is -3.71. The quantitative estimate of drug-likeness (QED) is 0.646. The summed E-state index contributed by atoms with van der Waals surface area (Å²) >= 11 is 0. The van der Waals surface area contributed by atoms with Crippen LogP contribution in [0.25, 0.3) is 0 Å². The second kappa shape index (κ2) is 10.2. The first-order valence-electron chi connectivity index (χ1n) is 10.6. The predicted molar refractivity (Wildman–Crippen MR) is 122 cm³/mol. The molecule has 0 spiro atoms. The molecule has 32 heavy (non-hydrogen) atoms. The van der Waals surface area contributed by atoms with Gasteiger partial charge in [0.1, 0.15) is 5.75 Å². The Bertz CT molecular complexity index is 1070. The predicted octanol–water partition coefficient (Wildman–Crippen LogP) is 3.45. The van der Waals surface area contributed by atoms with Gasteiger partial charge in [0.25, 0.3) is 0 Å². The Kier molecular flexibility index (Phi) is 7.63. The van der Waals surface area contributed by atoms with Gasteiger partial charge in [-0.2, -0.15) is 4.31 Å². The molecular weight excluding hydrogens is 432 g/mol. The van der Waals surface area contributed by atoms with Crippen molar-refractivity contribution < 1.29 is 27.4 Å². The van der Waals surface area contributed by atoms with E-state index in [0.717, 1.165) is 5.56 Å². The van der Waals surface area contributed by atoms with Crippen LogP contribution in [0.2, 0.25) is 0 Å². The van der Waals surface area contributed by atoms with Gasteiger partial charge in [-0.25, -0.2) is 8.42 Å². The monoisotopic (exact) mass is 462 g/mol. The van der Waals surface area contributed by atoms with E-state index in [1.54, 1.807) is 43.5 Å². The summed E-state index contributed by atoms with van der Waals surface area (Å²) in [5.41, 5.74) is 1.32. The van der Waals surface area contributed by atoms with Crippen molar-refractivity contribution in [1.82, 2.24) is 4.31 Å². The van der Waals surface area contributed by atoms with Crippen LogP contribution in [-0.4, -0.2) is 52.5 Å². The number of piperidine rings is 1. The van der Waals surface area contributed by atoms with Gasteiger partial charge in [-0.3, -0.25) is 4.79 Å². The van der Waals surface area contributed by atoms with E-state index in [4.69, 9.17) is 14.2 Å². The van der Waals surface area contributed by atoms with Crippen LogP contribution in [0.3, 0.4) is 0 Å². The molecule has 1 aliphatic heterocycles. The topological polar surface area (TPSA) is 94.2 Å². The van der Waals surface area contributed by atoms with Crippen LogP contribution in [0.5, 0.6) is 17.2 Å². The van der Waals surface area contributed by atoms with E-state index in [9.17, 15) is 13.2 Å². The van der Waals surface area contributed by atoms with Crippen molar-refractivity contribution in [1.29, 1.82) is 0 Å². The Balaban J connectivity index is 1.73. The van der Waals surface area contributed by atoms with E-state index in [-0.39, 0.29) is 17.3 Å². The Hall–Kier alpha value is -2.78. The van der Waals surface area contributed by atoms with Crippen molar-refractivity contribution in [3.05, 3.63) is 42.0 Å². The van der Waals surface area contributed by atoms with Crippen molar-refractivity contribution in [3.63, 3.8) is 0 Å². The number of anilines is 1. The number of nitrogens with zero attached hydrogens (tertiary/aromatic N) is 1. The molecule has 1 heterocycles. The fourth-order valence-electron chi connectivity index (χ4n) is 3.78. The summed E-state index contributed by atoms with van der Waals surface area (Å²) in [5, 5.41) is 2.87. The molecule has 0 bridgehead atoms. The third-order valence-electron chi connectivity index (χ3n) is 5.49. The van der Waals surface area contributed by atoms with Crippen molar-refractivity contribution in [3.8, 4) is 17.2 Å². The highest BCUT2D eigenvalue weighted by molar-refractivity contribution is 7.89. The Morgan fingerprint density at radius 1 is 1.09 bits per heavy atom. The summed E-state index contributed by atoms with van der Waals surface area (Å²) in [5.74, 6) is 1.06. The minimum absolute atomic E-state index is 0.133. The standard InChI is InChI=1S/C23H30N2O6S/c1-5-31-20-11-9-19(13-16(20)2)32(27,28)25-12-6-7-17(15-25)23(26)24-18-8-10-21(29-3)22(14-18)30-4/h8-11,13-14,17H,5-7,12,15H2,1-4H3,(H,24,26)/t17-/m0/s1. The van der Waals surface area contributed by atoms with Gasteiger partial charge in [0.2, 0.25) is 15.9 Å². The molecule has 0 aliphatic carbocycles. The Labute approximate surface area is 189 Å². The zero-order valence-corrected chi connectivity index (χ0v) is 19.7. The maximum absolute atomic E-state index is 13.2. The van der Waals surface area contributed by atoms with Crippen LogP contribution in [0, 0.1) is 12.8 Å². The lowest BCUT2D eigenvalue weighted by atomic mass is 9.98. The second-order valence-electron chi connectivity index (χ2n) is 7.62. The van der Waals surface area contributed by atoms with Gasteiger partial charge in [0, 0.05) is 24.8 Å². The summed E-state index contributed by atoms with van der Waals surface area (Å²) in [6, 6.07) is 9.96. The zero-order valence-electron chi connectivity index (χ0n) is 18.9. The normalized spacial score (nSPS) is 16.9. The first-order chi connectivity index (χ1) is 15.3. The highest BCUT2D eigenvalue weighted by Crippen LogP contribution is 2.31. The molecule has 2 aromatic carbocycles. The summed E-state index contributed by atoms with van der Waals surface area (Å²) in [7, 11) is -0.649. The highest BCUT2D eigenvalue weighted by atomic mass is 32.2. The molecule has 0 unspecified atom stereocenters. The summed E-state index contributed by atoms with van der Waals surface area (Å²) in [6.45, 7) is 4.73. The number of aryl methyl sites for hydroxylation is 1. The van der Waals surface area contributed by atoms with Gasteiger partial charge in [0.15, 0.2) is 11.5 Å². The number of nitrogens with one attached hydrogen (secondary N) is 1. The molecule has 174 valence electrons. The first kappa shape index (κ1) is 23.9. The minimum Gasteiger partial charge on any atom is -0.494 e. The van der Waals surface area contributed by atoms with Crippen LogP contribution in [0.4, 0.5) is 5.69 Å². The molecule has 2 aromatic rings. The van der Waals surface area contributed by atoms with Gasteiger partial charge in [0.05, 0.1) is 31.6 Å². The van der Waals surface area contributed by atoms with Gasteiger partial charge in [-0.15, -0.1) is 0 Å². The number of hydrogen-bond acceptors (Lipinski definition) is 6. The molecule has 3 rings (SSSR count). The lowest BCUT2D eigenvalue weighted by molar-refractivity contribution is -0.120. The molecule has 1 amide bonds. The van der Waals surface area contributed by atoms with Crippen molar-refractivity contribution in [2.45, 2.75) is 31.6 Å². The van der Waals surface area contributed by atoms with Gasteiger partial charge in [-0.05, 0) is 62.6 Å².